The minimum absolute atomic E-state index is 0.128. The van der Waals surface area contributed by atoms with E-state index in [1.54, 1.807) is 6.20 Å². The number of fused-ring (bicyclic) bond motifs is 3. The van der Waals surface area contributed by atoms with Crippen LogP contribution in [-0.4, -0.2) is 21.5 Å². The van der Waals surface area contributed by atoms with Crippen molar-refractivity contribution in [3.05, 3.63) is 112 Å². The Bertz CT molecular complexity index is 1240. The van der Waals surface area contributed by atoms with E-state index in [0.717, 1.165) is 55.3 Å². The molecule has 3 aromatic rings. The maximum absolute atomic E-state index is 13.2. The minimum atomic E-state index is -0.752. The molecule has 0 unspecified atom stereocenters. The fourth-order valence-electron chi connectivity index (χ4n) is 5.96. The van der Waals surface area contributed by atoms with Gasteiger partial charge < -0.3 is 5.11 Å². The fourth-order valence-corrected chi connectivity index (χ4v) is 5.96. The Labute approximate surface area is 202 Å². The number of Topliss-reactive ketones (excluding diaryl/α,β-unsaturated/α-hetero) is 1. The fraction of sp³-hybridized carbons (Fsp3) is 0.355. The lowest BCUT2D eigenvalue weighted by molar-refractivity contribution is 0.0799. The number of benzene rings is 2. The molecule has 0 amide bonds. The summed E-state index contributed by atoms with van der Waals surface area (Å²) in [5, 5.41) is 10.9. The highest BCUT2D eigenvalue weighted by molar-refractivity contribution is 5.98. The van der Waals surface area contributed by atoms with Crippen molar-refractivity contribution in [2.45, 2.75) is 69.8 Å². The van der Waals surface area contributed by atoms with Crippen LogP contribution in [0, 0.1) is 6.92 Å². The number of nitrogens with zero attached hydrogens (tertiary/aromatic N) is 1. The summed E-state index contributed by atoms with van der Waals surface area (Å²) in [5.41, 5.74) is 7.10. The molecule has 1 N–H and O–H groups in total. The van der Waals surface area contributed by atoms with Gasteiger partial charge in [0, 0.05) is 29.3 Å². The molecular formula is C31H33NO2. The van der Waals surface area contributed by atoms with Crippen LogP contribution in [-0.2, 0) is 24.7 Å². The highest BCUT2D eigenvalue weighted by Crippen LogP contribution is 2.50. The average molecular weight is 452 g/mol. The number of rotatable bonds is 5. The van der Waals surface area contributed by atoms with E-state index in [2.05, 4.69) is 53.5 Å². The first-order valence-corrected chi connectivity index (χ1v) is 12.4. The monoisotopic (exact) mass is 451 g/mol. The lowest BCUT2D eigenvalue weighted by Gasteiger charge is -2.44. The van der Waals surface area contributed by atoms with Crippen molar-refractivity contribution in [1.82, 2.24) is 4.98 Å². The van der Waals surface area contributed by atoms with Gasteiger partial charge in [-0.2, -0.15) is 0 Å². The van der Waals surface area contributed by atoms with Crippen LogP contribution < -0.4 is 0 Å². The zero-order chi connectivity index (χ0) is 23.8. The Morgan fingerprint density at radius 2 is 1.85 bits per heavy atom. The van der Waals surface area contributed by atoms with E-state index in [-0.39, 0.29) is 11.2 Å². The second-order valence-electron chi connectivity index (χ2n) is 10.3. The molecule has 1 aromatic heterocycles. The first kappa shape index (κ1) is 22.7. The SMILES string of the molecule is Cc1ncccc1CC(=O)c1ccc2c(c1)CCCC1=C[C@](C)(O)CC[C@]12Cc1ccccc1. The number of carbonyl (C=O) groups excluding carboxylic acids is 1. The zero-order valence-corrected chi connectivity index (χ0v) is 20.2. The van der Waals surface area contributed by atoms with Gasteiger partial charge in [-0.25, -0.2) is 0 Å². The van der Waals surface area contributed by atoms with E-state index in [1.165, 1.54) is 22.3 Å². The van der Waals surface area contributed by atoms with Crippen LogP contribution in [0.2, 0.25) is 0 Å². The summed E-state index contributed by atoms with van der Waals surface area (Å²) < 4.78 is 0. The highest BCUT2D eigenvalue weighted by Gasteiger charge is 2.44. The topological polar surface area (TPSA) is 50.2 Å². The van der Waals surface area contributed by atoms with E-state index in [4.69, 9.17) is 0 Å². The first-order chi connectivity index (χ1) is 16.4. The lowest BCUT2D eigenvalue weighted by Crippen LogP contribution is -2.40. The first-order valence-electron chi connectivity index (χ1n) is 12.4. The molecule has 2 aliphatic rings. The van der Waals surface area contributed by atoms with Crippen molar-refractivity contribution >= 4 is 5.78 Å². The molecule has 0 fully saturated rings. The van der Waals surface area contributed by atoms with Gasteiger partial charge in [0.15, 0.2) is 5.78 Å². The molecule has 34 heavy (non-hydrogen) atoms. The third-order valence-corrected chi connectivity index (χ3v) is 7.81. The van der Waals surface area contributed by atoms with Gasteiger partial charge in [0.25, 0.3) is 0 Å². The van der Waals surface area contributed by atoms with Crippen LogP contribution in [0.4, 0.5) is 0 Å². The van der Waals surface area contributed by atoms with Gasteiger partial charge in [0.1, 0.15) is 0 Å². The molecule has 2 aromatic carbocycles. The normalized spacial score (nSPS) is 23.9. The van der Waals surface area contributed by atoms with Gasteiger partial charge in [0.2, 0.25) is 0 Å². The standard InChI is InChI=1S/C31H33NO2/c1-22-24(11-7-17-32-22)19-29(33)26-13-14-28-25(18-26)10-6-12-27-21-30(2,34)15-16-31(27,28)20-23-8-4-3-5-9-23/h3-5,7-9,11,13-14,17-18,21,34H,6,10,12,15-16,19-20H2,1-2H3/t30-,31+/m1/s1. The molecule has 3 nitrogen and oxygen atoms in total. The lowest BCUT2D eigenvalue weighted by atomic mass is 9.61. The Hall–Kier alpha value is -3.04. The maximum atomic E-state index is 13.2. The van der Waals surface area contributed by atoms with Crippen molar-refractivity contribution in [2.75, 3.05) is 0 Å². The van der Waals surface area contributed by atoms with Crippen molar-refractivity contribution in [3.63, 3.8) is 0 Å². The molecule has 0 radical (unpaired) electrons. The third kappa shape index (κ3) is 4.37. The number of aryl methyl sites for hydroxylation is 2. The zero-order valence-electron chi connectivity index (χ0n) is 20.2. The van der Waals surface area contributed by atoms with Crippen LogP contribution in [0.3, 0.4) is 0 Å². The number of pyridine rings is 1. The molecule has 0 bridgehead atoms. The van der Waals surface area contributed by atoms with Crippen molar-refractivity contribution < 1.29 is 9.90 Å². The molecule has 0 saturated heterocycles. The Balaban J connectivity index is 1.55. The Morgan fingerprint density at radius 1 is 1.03 bits per heavy atom. The van der Waals surface area contributed by atoms with Gasteiger partial charge in [0.05, 0.1) is 5.60 Å². The summed E-state index contributed by atoms with van der Waals surface area (Å²) in [6, 6.07) is 20.9. The smallest absolute Gasteiger partial charge is 0.167 e. The van der Waals surface area contributed by atoms with Gasteiger partial charge in [-0.1, -0.05) is 60.2 Å². The van der Waals surface area contributed by atoms with Crippen LogP contribution in [0.25, 0.3) is 0 Å². The molecule has 3 heteroatoms. The number of aliphatic hydroxyl groups is 1. The number of hydrogen-bond acceptors (Lipinski definition) is 3. The predicted molar refractivity (Wildman–Crippen MR) is 136 cm³/mol. The van der Waals surface area contributed by atoms with Crippen molar-refractivity contribution in [1.29, 1.82) is 0 Å². The number of ketones is 1. The van der Waals surface area contributed by atoms with Crippen LogP contribution >= 0.6 is 0 Å². The largest absolute Gasteiger partial charge is 0.386 e. The van der Waals surface area contributed by atoms with E-state index < -0.39 is 5.60 Å². The Kier molecular flexibility index (Phi) is 5.99. The molecule has 1 heterocycles. The van der Waals surface area contributed by atoms with Gasteiger partial charge in [-0.05, 0) is 86.8 Å². The summed E-state index contributed by atoms with van der Waals surface area (Å²) in [6.45, 7) is 3.89. The van der Waals surface area contributed by atoms with E-state index >= 15 is 0 Å². The molecule has 0 aliphatic heterocycles. The average Bonchev–Trinajstić information content (AvgIpc) is 2.97. The molecule has 2 aliphatic carbocycles. The molecule has 174 valence electrons. The third-order valence-electron chi connectivity index (χ3n) is 7.81. The van der Waals surface area contributed by atoms with Crippen LogP contribution in [0.1, 0.15) is 70.9 Å². The van der Waals surface area contributed by atoms with E-state index in [9.17, 15) is 9.90 Å². The number of hydrogen-bond donors (Lipinski definition) is 1. The van der Waals surface area contributed by atoms with Gasteiger partial charge in [-0.15, -0.1) is 0 Å². The number of allylic oxidation sites excluding steroid dienone is 1. The summed E-state index contributed by atoms with van der Waals surface area (Å²) in [5.74, 6) is 0.141. The second-order valence-corrected chi connectivity index (χ2v) is 10.3. The molecular weight excluding hydrogens is 418 g/mol. The molecule has 5 rings (SSSR count). The maximum Gasteiger partial charge on any atom is 0.167 e. The van der Waals surface area contributed by atoms with Crippen LogP contribution in [0.5, 0.6) is 0 Å². The van der Waals surface area contributed by atoms with E-state index in [0.29, 0.717) is 6.42 Å². The quantitative estimate of drug-likeness (QED) is 0.376. The van der Waals surface area contributed by atoms with Crippen molar-refractivity contribution in [3.8, 4) is 0 Å². The molecule has 2 atom stereocenters. The van der Waals surface area contributed by atoms with Crippen LogP contribution in [0.15, 0.2) is 78.5 Å². The number of aromatic nitrogens is 1. The van der Waals surface area contributed by atoms with Gasteiger partial charge >= 0.3 is 0 Å². The number of carbonyl (C=O) groups is 1. The highest BCUT2D eigenvalue weighted by atomic mass is 16.3. The minimum Gasteiger partial charge on any atom is -0.386 e. The van der Waals surface area contributed by atoms with E-state index in [1.807, 2.05) is 32.0 Å². The van der Waals surface area contributed by atoms with Crippen molar-refractivity contribution in [2.24, 2.45) is 0 Å². The second kappa shape index (κ2) is 8.96. The summed E-state index contributed by atoms with van der Waals surface area (Å²) in [6.07, 6.45) is 9.83. The summed E-state index contributed by atoms with van der Waals surface area (Å²) in [7, 11) is 0. The summed E-state index contributed by atoms with van der Waals surface area (Å²) in [4.78, 5) is 17.5. The molecule has 0 saturated carbocycles. The molecule has 0 spiro atoms. The summed E-state index contributed by atoms with van der Waals surface area (Å²) >= 11 is 0. The predicted octanol–water partition coefficient (Wildman–Crippen LogP) is 6.10. The van der Waals surface area contributed by atoms with Gasteiger partial charge in [-0.3, -0.25) is 9.78 Å². The Morgan fingerprint density at radius 3 is 2.65 bits per heavy atom.